The molecule has 2 atom stereocenters. The Morgan fingerprint density at radius 3 is 2.84 bits per heavy atom. The summed E-state index contributed by atoms with van der Waals surface area (Å²) in [6.07, 6.45) is 0.00605. The van der Waals surface area contributed by atoms with Gasteiger partial charge in [-0.1, -0.05) is 0 Å². The van der Waals surface area contributed by atoms with E-state index in [-0.39, 0.29) is 18.1 Å². The number of nitro groups is 1. The molecular formula is C17H24N2O6. The van der Waals surface area contributed by atoms with Crippen molar-refractivity contribution in [3.63, 3.8) is 0 Å². The molecule has 2 N–H and O–H groups in total. The predicted octanol–water partition coefficient (Wildman–Crippen LogP) is 2.10. The van der Waals surface area contributed by atoms with Gasteiger partial charge in [-0.3, -0.25) is 14.9 Å². The molecule has 2 rings (SSSR count). The molecule has 0 spiro atoms. The summed E-state index contributed by atoms with van der Waals surface area (Å²) in [4.78, 5) is 21.9. The van der Waals surface area contributed by atoms with Crippen LogP contribution in [0.1, 0.15) is 45.2 Å². The Bertz CT molecular complexity index is 646. The number of nitrogens with one attached hydrogen (secondary N) is 1. The number of fused-ring (bicyclic) bond motifs is 1. The molecular weight excluding hydrogens is 328 g/mol. The lowest BCUT2D eigenvalue weighted by molar-refractivity contribution is -0.385. The fourth-order valence-corrected chi connectivity index (χ4v) is 2.84. The highest BCUT2D eigenvalue weighted by Crippen LogP contribution is 2.41. The quantitative estimate of drug-likeness (QED) is 0.334. The van der Waals surface area contributed by atoms with Crippen LogP contribution in [-0.4, -0.2) is 40.9 Å². The Morgan fingerprint density at radius 1 is 1.48 bits per heavy atom. The van der Waals surface area contributed by atoms with Crippen LogP contribution in [0.3, 0.4) is 0 Å². The number of hydrogen-bond donors (Lipinski definition) is 2. The van der Waals surface area contributed by atoms with Crippen molar-refractivity contribution in [2.45, 2.75) is 51.4 Å². The average molecular weight is 352 g/mol. The Kier molecular flexibility index (Phi) is 5.97. The molecule has 0 amide bonds. The molecule has 1 aromatic rings. The topological polar surface area (TPSA) is 111 Å². The second kappa shape index (κ2) is 7.79. The SMILES string of the molecule is CCOC(=O)CCCN[C@@H]1c2ccc([N+](=O)[O-])cc2OC(C)(C)[C@H]1O. The molecule has 138 valence electrons. The molecule has 1 heterocycles. The molecule has 25 heavy (non-hydrogen) atoms. The lowest BCUT2D eigenvalue weighted by Crippen LogP contribution is -2.52. The fourth-order valence-electron chi connectivity index (χ4n) is 2.84. The predicted molar refractivity (Wildman–Crippen MR) is 90.4 cm³/mol. The van der Waals surface area contributed by atoms with Crippen LogP contribution in [0.25, 0.3) is 0 Å². The molecule has 8 nitrogen and oxygen atoms in total. The normalized spacial score (nSPS) is 21.1. The van der Waals surface area contributed by atoms with Crippen LogP contribution in [0.15, 0.2) is 18.2 Å². The Labute approximate surface area is 146 Å². The number of benzene rings is 1. The van der Waals surface area contributed by atoms with E-state index in [4.69, 9.17) is 9.47 Å². The van der Waals surface area contributed by atoms with E-state index in [9.17, 15) is 20.0 Å². The summed E-state index contributed by atoms with van der Waals surface area (Å²) in [6.45, 7) is 6.06. The van der Waals surface area contributed by atoms with Crippen molar-refractivity contribution in [2.24, 2.45) is 0 Å². The minimum absolute atomic E-state index is 0.0630. The van der Waals surface area contributed by atoms with E-state index in [0.717, 1.165) is 0 Å². The van der Waals surface area contributed by atoms with Crippen molar-refractivity contribution >= 4 is 11.7 Å². The van der Waals surface area contributed by atoms with Gasteiger partial charge < -0.3 is 19.9 Å². The van der Waals surface area contributed by atoms with Gasteiger partial charge >= 0.3 is 5.97 Å². The summed E-state index contributed by atoms with van der Waals surface area (Å²) in [7, 11) is 0. The molecule has 0 fully saturated rings. The number of nitro benzene ring substituents is 1. The van der Waals surface area contributed by atoms with E-state index in [0.29, 0.717) is 30.9 Å². The smallest absolute Gasteiger partial charge is 0.305 e. The molecule has 1 aliphatic heterocycles. The maximum atomic E-state index is 11.4. The second-order valence-electron chi connectivity index (χ2n) is 6.47. The maximum Gasteiger partial charge on any atom is 0.305 e. The first-order chi connectivity index (χ1) is 11.8. The molecule has 0 saturated carbocycles. The molecule has 0 bridgehead atoms. The summed E-state index contributed by atoms with van der Waals surface area (Å²) in [5.74, 6) is 0.126. The summed E-state index contributed by atoms with van der Waals surface area (Å²) in [5.41, 5.74) is -0.304. The second-order valence-corrected chi connectivity index (χ2v) is 6.47. The third-order valence-corrected chi connectivity index (χ3v) is 4.17. The van der Waals surface area contributed by atoms with Crippen LogP contribution in [0.4, 0.5) is 5.69 Å². The zero-order valence-corrected chi connectivity index (χ0v) is 14.7. The van der Waals surface area contributed by atoms with Crippen LogP contribution in [0.5, 0.6) is 5.75 Å². The molecule has 0 saturated heterocycles. The van der Waals surface area contributed by atoms with Gasteiger partial charge in [0.1, 0.15) is 17.5 Å². The van der Waals surface area contributed by atoms with Crippen LogP contribution in [0, 0.1) is 10.1 Å². The fraction of sp³-hybridized carbons (Fsp3) is 0.588. The number of ether oxygens (including phenoxy) is 2. The highest BCUT2D eigenvalue weighted by Gasteiger charge is 2.43. The molecule has 0 radical (unpaired) electrons. The van der Waals surface area contributed by atoms with Gasteiger partial charge in [0.2, 0.25) is 0 Å². The van der Waals surface area contributed by atoms with Crippen LogP contribution in [0.2, 0.25) is 0 Å². The van der Waals surface area contributed by atoms with Crippen molar-refractivity contribution in [1.82, 2.24) is 5.32 Å². The third kappa shape index (κ3) is 4.46. The molecule has 0 aliphatic carbocycles. The van der Waals surface area contributed by atoms with Crippen LogP contribution >= 0.6 is 0 Å². The number of aliphatic hydroxyl groups is 1. The Balaban J connectivity index is 2.11. The maximum absolute atomic E-state index is 11.4. The lowest BCUT2D eigenvalue weighted by Gasteiger charge is -2.42. The van der Waals surface area contributed by atoms with Crippen molar-refractivity contribution in [3.8, 4) is 5.75 Å². The summed E-state index contributed by atoms with van der Waals surface area (Å²) >= 11 is 0. The van der Waals surface area contributed by atoms with Crippen molar-refractivity contribution < 1.29 is 24.3 Å². The summed E-state index contributed by atoms with van der Waals surface area (Å²) < 4.78 is 10.6. The van der Waals surface area contributed by atoms with Crippen molar-refractivity contribution in [2.75, 3.05) is 13.2 Å². The van der Waals surface area contributed by atoms with Gasteiger partial charge in [-0.25, -0.2) is 0 Å². The van der Waals surface area contributed by atoms with Gasteiger partial charge in [-0.2, -0.15) is 0 Å². The van der Waals surface area contributed by atoms with E-state index in [1.54, 1.807) is 26.8 Å². The highest BCUT2D eigenvalue weighted by atomic mass is 16.6. The Morgan fingerprint density at radius 2 is 2.20 bits per heavy atom. The zero-order chi connectivity index (χ0) is 18.6. The third-order valence-electron chi connectivity index (χ3n) is 4.17. The largest absolute Gasteiger partial charge is 0.484 e. The first-order valence-electron chi connectivity index (χ1n) is 8.30. The standard InChI is InChI=1S/C17H24N2O6/c1-4-24-14(20)6-5-9-18-15-12-8-7-11(19(22)23)10-13(12)25-17(2,3)16(15)21/h7-8,10,15-16,18,21H,4-6,9H2,1-3H3/t15-,16+/m1/s1. The number of carbonyl (C=O) groups excluding carboxylic acids is 1. The molecule has 1 aromatic carbocycles. The van der Waals surface area contributed by atoms with E-state index in [1.165, 1.54) is 12.1 Å². The number of aliphatic hydroxyl groups excluding tert-OH is 1. The first-order valence-corrected chi connectivity index (χ1v) is 8.30. The van der Waals surface area contributed by atoms with Crippen LogP contribution in [-0.2, 0) is 9.53 Å². The number of rotatable bonds is 7. The number of non-ortho nitro benzene ring substituents is 1. The van der Waals surface area contributed by atoms with Crippen molar-refractivity contribution in [3.05, 3.63) is 33.9 Å². The number of hydrogen-bond acceptors (Lipinski definition) is 7. The molecule has 1 aliphatic rings. The van der Waals surface area contributed by atoms with E-state index < -0.39 is 22.7 Å². The lowest BCUT2D eigenvalue weighted by atomic mass is 9.86. The van der Waals surface area contributed by atoms with E-state index in [1.807, 2.05) is 0 Å². The van der Waals surface area contributed by atoms with Gasteiger partial charge in [0.05, 0.1) is 23.6 Å². The van der Waals surface area contributed by atoms with Gasteiger partial charge in [0, 0.05) is 18.1 Å². The van der Waals surface area contributed by atoms with Gasteiger partial charge in [-0.05, 0) is 39.8 Å². The highest BCUT2D eigenvalue weighted by molar-refractivity contribution is 5.69. The van der Waals surface area contributed by atoms with Gasteiger partial charge in [-0.15, -0.1) is 0 Å². The van der Waals surface area contributed by atoms with Crippen LogP contribution < -0.4 is 10.1 Å². The summed E-state index contributed by atoms with van der Waals surface area (Å²) in [6, 6.07) is 3.91. The monoisotopic (exact) mass is 352 g/mol. The minimum atomic E-state index is -0.902. The first kappa shape index (κ1) is 19.1. The minimum Gasteiger partial charge on any atom is -0.484 e. The summed E-state index contributed by atoms with van der Waals surface area (Å²) in [5, 5.41) is 24.8. The number of nitrogens with zero attached hydrogens (tertiary/aromatic N) is 1. The van der Waals surface area contributed by atoms with E-state index in [2.05, 4.69) is 5.32 Å². The average Bonchev–Trinajstić information content (AvgIpc) is 2.54. The molecule has 0 unspecified atom stereocenters. The number of esters is 1. The zero-order valence-electron chi connectivity index (χ0n) is 14.7. The molecule has 8 heteroatoms. The number of carbonyl (C=O) groups is 1. The van der Waals surface area contributed by atoms with Gasteiger partial charge in [0.15, 0.2) is 0 Å². The van der Waals surface area contributed by atoms with E-state index >= 15 is 0 Å². The Hall–Kier alpha value is -2.19. The molecule has 0 aromatic heterocycles. The van der Waals surface area contributed by atoms with Gasteiger partial charge in [0.25, 0.3) is 5.69 Å². The van der Waals surface area contributed by atoms with Crippen molar-refractivity contribution in [1.29, 1.82) is 0 Å².